The number of hydrogen-bond acceptors (Lipinski definition) is 3. The number of carboxylic acid groups (broad SMARTS) is 1. The van der Waals surface area contributed by atoms with E-state index in [-0.39, 0.29) is 18.0 Å². The summed E-state index contributed by atoms with van der Waals surface area (Å²) in [5.41, 5.74) is -0.0302. The van der Waals surface area contributed by atoms with Gasteiger partial charge in [-0.2, -0.15) is 0 Å². The lowest BCUT2D eigenvalue weighted by Gasteiger charge is -2.40. The molecule has 0 aliphatic carbocycles. The minimum atomic E-state index is -0.762. The smallest absolute Gasteiger partial charge is 0.320 e. The molecule has 0 saturated carbocycles. The molecule has 0 aromatic carbocycles. The number of carboxylic acids is 1. The van der Waals surface area contributed by atoms with E-state index in [0.29, 0.717) is 19.6 Å². The predicted octanol–water partition coefficient (Wildman–Crippen LogP) is 1.07. The summed E-state index contributed by atoms with van der Waals surface area (Å²) in [7, 11) is 0. The molecule has 0 aromatic rings. The zero-order valence-electron chi connectivity index (χ0n) is 12.5. The lowest BCUT2D eigenvalue weighted by atomic mass is 10.0. The van der Waals surface area contributed by atoms with E-state index < -0.39 is 5.97 Å². The van der Waals surface area contributed by atoms with Gasteiger partial charge in [-0.1, -0.05) is 0 Å². The Hall–Kier alpha value is -1.30. The average molecular weight is 283 g/mol. The Balaban J connectivity index is 1.81. The summed E-state index contributed by atoms with van der Waals surface area (Å²) in [4.78, 5) is 29.1. The van der Waals surface area contributed by atoms with Gasteiger partial charge in [0, 0.05) is 44.8 Å². The second-order valence-corrected chi connectivity index (χ2v) is 6.32. The summed E-state index contributed by atoms with van der Waals surface area (Å²) in [6.45, 7) is 8.62. The maximum absolute atomic E-state index is 12.5. The summed E-state index contributed by atoms with van der Waals surface area (Å²) in [5.74, 6) is -0.762. The topological polar surface area (TPSA) is 64.1 Å². The Kier molecular flexibility index (Phi) is 4.52. The van der Waals surface area contributed by atoms with Crippen LogP contribution in [0.3, 0.4) is 0 Å². The Morgan fingerprint density at radius 2 is 1.75 bits per heavy atom. The first kappa shape index (κ1) is 15.1. The third-order valence-electron chi connectivity index (χ3n) is 4.42. The van der Waals surface area contributed by atoms with Gasteiger partial charge in [0.2, 0.25) is 0 Å². The summed E-state index contributed by atoms with van der Waals surface area (Å²) >= 11 is 0. The molecule has 6 nitrogen and oxygen atoms in total. The largest absolute Gasteiger partial charge is 0.481 e. The first-order valence-electron chi connectivity index (χ1n) is 7.41. The number of hydrogen-bond donors (Lipinski definition) is 1. The molecule has 2 aliphatic heterocycles. The van der Waals surface area contributed by atoms with E-state index in [1.54, 1.807) is 0 Å². The molecule has 0 aromatic heterocycles. The summed E-state index contributed by atoms with van der Waals surface area (Å²) in [5, 5.41) is 8.69. The van der Waals surface area contributed by atoms with Gasteiger partial charge >= 0.3 is 12.0 Å². The molecule has 6 heteroatoms. The van der Waals surface area contributed by atoms with Crippen molar-refractivity contribution in [1.82, 2.24) is 14.7 Å². The zero-order valence-corrected chi connectivity index (χ0v) is 12.5. The van der Waals surface area contributed by atoms with Crippen molar-refractivity contribution in [2.75, 3.05) is 39.3 Å². The molecule has 0 spiro atoms. The number of piperazine rings is 1. The van der Waals surface area contributed by atoms with Crippen LogP contribution >= 0.6 is 0 Å². The molecule has 2 amide bonds. The fourth-order valence-corrected chi connectivity index (χ4v) is 3.05. The Labute approximate surface area is 120 Å². The molecule has 20 heavy (non-hydrogen) atoms. The summed E-state index contributed by atoms with van der Waals surface area (Å²) in [6.07, 6.45) is 2.32. The van der Waals surface area contributed by atoms with Crippen molar-refractivity contribution in [2.45, 2.75) is 38.6 Å². The van der Waals surface area contributed by atoms with Gasteiger partial charge in [0.15, 0.2) is 0 Å². The van der Waals surface area contributed by atoms with Crippen LogP contribution in [0.5, 0.6) is 0 Å². The van der Waals surface area contributed by atoms with Crippen LogP contribution in [0.25, 0.3) is 0 Å². The van der Waals surface area contributed by atoms with Gasteiger partial charge in [-0.25, -0.2) is 4.79 Å². The second-order valence-electron chi connectivity index (χ2n) is 6.32. The van der Waals surface area contributed by atoms with Crippen LogP contribution in [0.1, 0.15) is 33.1 Å². The van der Waals surface area contributed by atoms with Crippen molar-refractivity contribution >= 4 is 12.0 Å². The van der Waals surface area contributed by atoms with E-state index >= 15 is 0 Å². The molecule has 2 saturated heterocycles. The Morgan fingerprint density at radius 3 is 2.25 bits per heavy atom. The molecule has 2 heterocycles. The minimum Gasteiger partial charge on any atom is -0.481 e. The quantitative estimate of drug-likeness (QED) is 0.841. The van der Waals surface area contributed by atoms with Crippen LogP contribution in [-0.2, 0) is 4.79 Å². The van der Waals surface area contributed by atoms with Gasteiger partial charge in [0.1, 0.15) is 0 Å². The fraction of sp³-hybridized carbons (Fsp3) is 0.857. The van der Waals surface area contributed by atoms with Gasteiger partial charge in [-0.05, 0) is 26.7 Å². The number of amides is 2. The van der Waals surface area contributed by atoms with Crippen molar-refractivity contribution in [3.05, 3.63) is 0 Å². The molecule has 0 unspecified atom stereocenters. The highest BCUT2D eigenvalue weighted by atomic mass is 16.4. The molecule has 2 fully saturated rings. The molecule has 0 atom stereocenters. The Morgan fingerprint density at radius 1 is 1.10 bits per heavy atom. The molecule has 2 rings (SSSR count). The molecule has 2 aliphatic rings. The first-order valence-corrected chi connectivity index (χ1v) is 7.41. The van der Waals surface area contributed by atoms with Crippen LogP contribution in [0, 0.1) is 0 Å². The van der Waals surface area contributed by atoms with Crippen LogP contribution < -0.4 is 0 Å². The highest BCUT2D eigenvalue weighted by Gasteiger charge is 2.38. The van der Waals surface area contributed by atoms with Crippen LogP contribution in [0.15, 0.2) is 0 Å². The average Bonchev–Trinajstić information content (AvgIpc) is 2.76. The number of aliphatic carboxylic acids is 1. The van der Waals surface area contributed by atoms with E-state index in [1.165, 1.54) is 0 Å². The summed E-state index contributed by atoms with van der Waals surface area (Å²) < 4.78 is 0. The number of urea groups is 1. The summed E-state index contributed by atoms with van der Waals surface area (Å²) in [6, 6.07) is 0.144. The monoisotopic (exact) mass is 283 g/mol. The highest BCUT2D eigenvalue weighted by molar-refractivity contribution is 5.75. The van der Waals surface area contributed by atoms with Gasteiger partial charge < -0.3 is 14.9 Å². The van der Waals surface area contributed by atoms with Crippen molar-refractivity contribution in [3.8, 4) is 0 Å². The zero-order chi connectivity index (χ0) is 14.8. The molecule has 114 valence electrons. The van der Waals surface area contributed by atoms with E-state index in [9.17, 15) is 9.59 Å². The number of carbonyl (C=O) groups is 2. The third kappa shape index (κ3) is 3.42. The second kappa shape index (κ2) is 5.99. The fourth-order valence-electron chi connectivity index (χ4n) is 3.05. The van der Waals surface area contributed by atoms with Crippen molar-refractivity contribution in [3.63, 3.8) is 0 Å². The molecule has 0 radical (unpaired) electrons. The number of nitrogens with zero attached hydrogens (tertiary/aromatic N) is 3. The maximum atomic E-state index is 12.5. The number of rotatable bonds is 3. The van der Waals surface area contributed by atoms with Crippen LogP contribution in [0.2, 0.25) is 0 Å². The van der Waals surface area contributed by atoms with Gasteiger partial charge in [-0.15, -0.1) is 0 Å². The van der Waals surface area contributed by atoms with Crippen molar-refractivity contribution in [2.24, 2.45) is 0 Å². The lowest BCUT2D eigenvalue weighted by Crippen LogP contribution is -2.55. The van der Waals surface area contributed by atoms with Gasteiger partial charge in [0.05, 0.1) is 6.42 Å². The lowest BCUT2D eigenvalue weighted by molar-refractivity contribution is -0.137. The van der Waals surface area contributed by atoms with Gasteiger partial charge in [0.25, 0.3) is 0 Å². The maximum Gasteiger partial charge on any atom is 0.320 e. The minimum absolute atomic E-state index is 0.0302. The van der Waals surface area contributed by atoms with E-state index in [4.69, 9.17) is 5.11 Å². The van der Waals surface area contributed by atoms with Crippen molar-refractivity contribution < 1.29 is 14.7 Å². The third-order valence-corrected chi connectivity index (χ3v) is 4.42. The predicted molar refractivity (Wildman–Crippen MR) is 75.7 cm³/mol. The normalized spacial score (nSPS) is 23.1. The first-order chi connectivity index (χ1) is 9.40. The number of likely N-dealkylation sites (tertiary alicyclic amines) is 1. The van der Waals surface area contributed by atoms with Gasteiger partial charge in [-0.3, -0.25) is 9.69 Å². The Bertz CT molecular complexity index is 376. The van der Waals surface area contributed by atoms with Crippen LogP contribution in [-0.4, -0.2) is 76.6 Å². The van der Waals surface area contributed by atoms with E-state index in [0.717, 1.165) is 32.5 Å². The number of carbonyl (C=O) groups excluding carboxylic acids is 1. The van der Waals surface area contributed by atoms with E-state index in [2.05, 4.69) is 18.7 Å². The van der Waals surface area contributed by atoms with E-state index in [1.807, 2.05) is 9.80 Å². The molecule has 1 N–H and O–H groups in total. The van der Waals surface area contributed by atoms with Crippen LogP contribution in [0.4, 0.5) is 4.79 Å². The van der Waals surface area contributed by atoms with Crippen molar-refractivity contribution in [1.29, 1.82) is 0 Å². The SMILES string of the molecule is CC1(C)CCCN1C(=O)N1CCN(CCC(=O)O)CC1. The molecular formula is C14H25N3O3. The molecule has 0 bridgehead atoms. The molecular weight excluding hydrogens is 258 g/mol. The standard InChI is InChI=1S/C14H25N3O3/c1-14(2)5-3-6-17(14)13(20)16-10-8-15(9-11-16)7-4-12(18)19/h3-11H2,1-2H3,(H,18,19). The highest BCUT2D eigenvalue weighted by Crippen LogP contribution is 2.29.